The molecule has 0 unspecified atom stereocenters. The first-order chi connectivity index (χ1) is 16.9. The second-order valence-corrected chi connectivity index (χ2v) is 10.1. The maximum atomic E-state index is 12.8. The van der Waals surface area contributed by atoms with E-state index in [0.717, 1.165) is 53.0 Å². The summed E-state index contributed by atoms with van der Waals surface area (Å²) in [7, 11) is 5.65. The Morgan fingerprint density at radius 1 is 1.14 bits per heavy atom. The highest BCUT2D eigenvalue weighted by Gasteiger charge is 2.25. The van der Waals surface area contributed by atoms with Gasteiger partial charge in [0.25, 0.3) is 5.91 Å². The Kier molecular flexibility index (Phi) is 7.87. The third kappa shape index (κ3) is 5.91. The molecular weight excluding hydrogens is 478 g/mol. The molecule has 1 saturated heterocycles. The minimum atomic E-state index is -0.219. The van der Waals surface area contributed by atoms with Crippen LogP contribution in [0.3, 0.4) is 0 Å². The summed E-state index contributed by atoms with van der Waals surface area (Å²) in [5.74, 6) is 0.746. The van der Waals surface area contributed by atoms with E-state index in [4.69, 9.17) is 17.0 Å². The van der Waals surface area contributed by atoms with Gasteiger partial charge in [-0.15, -0.1) is 11.3 Å². The van der Waals surface area contributed by atoms with E-state index in [1.165, 1.54) is 0 Å². The molecular formula is C26H31N5O2S2. The number of amides is 1. The molecule has 0 radical (unpaired) electrons. The van der Waals surface area contributed by atoms with Crippen LogP contribution >= 0.6 is 23.6 Å². The Bertz CT molecular complexity index is 1180. The normalized spacial score (nSPS) is 13.9. The van der Waals surface area contributed by atoms with Crippen LogP contribution in [-0.4, -0.2) is 55.2 Å². The molecule has 0 bridgehead atoms. The number of para-hydroxylation sites is 1. The van der Waals surface area contributed by atoms with Crippen molar-refractivity contribution in [3.8, 4) is 5.75 Å². The molecule has 35 heavy (non-hydrogen) atoms. The Balaban J connectivity index is 1.32. The summed E-state index contributed by atoms with van der Waals surface area (Å²) in [5.41, 5.74) is 4.20. The number of aromatic nitrogens is 1. The summed E-state index contributed by atoms with van der Waals surface area (Å²) in [6.45, 7) is 3.65. The average molecular weight is 510 g/mol. The van der Waals surface area contributed by atoms with E-state index in [9.17, 15) is 4.79 Å². The number of hydrogen-bond donors (Lipinski definition) is 2. The largest absolute Gasteiger partial charge is 0.495 e. The molecule has 0 spiro atoms. The lowest BCUT2D eigenvalue weighted by molar-refractivity contribution is 0.102. The second kappa shape index (κ2) is 11.0. The lowest BCUT2D eigenvalue weighted by Gasteiger charge is -2.33. The number of carbonyl (C=O) groups is 1. The number of carbonyl (C=O) groups excluding carboxylic acids is 1. The van der Waals surface area contributed by atoms with Crippen LogP contribution in [0.4, 0.5) is 17.1 Å². The van der Waals surface area contributed by atoms with Crippen molar-refractivity contribution >= 4 is 51.6 Å². The number of rotatable bonds is 6. The zero-order chi connectivity index (χ0) is 24.9. The maximum Gasteiger partial charge on any atom is 0.275 e. The molecule has 1 amide bonds. The van der Waals surface area contributed by atoms with Crippen molar-refractivity contribution in [2.75, 3.05) is 49.8 Å². The van der Waals surface area contributed by atoms with Gasteiger partial charge in [0, 0.05) is 49.9 Å². The smallest absolute Gasteiger partial charge is 0.275 e. The van der Waals surface area contributed by atoms with E-state index < -0.39 is 0 Å². The lowest BCUT2D eigenvalue weighted by atomic mass is 9.98. The number of benzene rings is 2. The van der Waals surface area contributed by atoms with Crippen LogP contribution in [-0.2, 0) is 0 Å². The van der Waals surface area contributed by atoms with Gasteiger partial charge in [-0.1, -0.05) is 12.1 Å². The zero-order valence-electron chi connectivity index (χ0n) is 20.5. The molecule has 0 saturated carbocycles. The molecule has 1 fully saturated rings. The van der Waals surface area contributed by atoms with Gasteiger partial charge in [0.1, 0.15) is 11.4 Å². The number of piperidine rings is 1. The molecule has 2 heterocycles. The van der Waals surface area contributed by atoms with Gasteiger partial charge in [-0.3, -0.25) is 4.79 Å². The number of nitrogens with one attached hydrogen (secondary N) is 2. The molecule has 0 atom stereocenters. The highest BCUT2D eigenvalue weighted by atomic mass is 32.1. The minimum Gasteiger partial charge on any atom is -0.495 e. The summed E-state index contributed by atoms with van der Waals surface area (Å²) in [4.78, 5) is 21.8. The number of likely N-dealkylation sites (tertiary alicyclic amines) is 1. The van der Waals surface area contributed by atoms with E-state index in [0.29, 0.717) is 23.0 Å². The Hall–Kier alpha value is -3.17. The van der Waals surface area contributed by atoms with Crippen molar-refractivity contribution in [3.05, 3.63) is 64.1 Å². The van der Waals surface area contributed by atoms with Gasteiger partial charge in [-0.25, -0.2) is 4.98 Å². The fourth-order valence-corrected chi connectivity index (χ4v) is 5.37. The summed E-state index contributed by atoms with van der Waals surface area (Å²) in [5, 5.41) is 9.90. The Morgan fingerprint density at radius 2 is 1.86 bits per heavy atom. The molecule has 7 nitrogen and oxygen atoms in total. The first-order valence-corrected chi connectivity index (χ1v) is 12.9. The third-order valence-electron chi connectivity index (χ3n) is 6.21. The monoisotopic (exact) mass is 509 g/mol. The third-order valence-corrected chi connectivity index (χ3v) is 7.58. The fourth-order valence-electron chi connectivity index (χ4n) is 4.10. The minimum absolute atomic E-state index is 0.219. The molecule has 1 aliphatic rings. The first kappa shape index (κ1) is 24.9. The van der Waals surface area contributed by atoms with Crippen LogP contribution < -0.4 is 20.3 Å². The molecule has 0 aliphatic carbocycles. The molecule has 9 heteroatoms. The topological polar surface area (TPSA) is 69.7 Å². The van der Waals surface area contributed by atoms with Crippen LogP contribution in [0.1, 0.15) is 39.8 Å². The summed E-state index contributed by atoms with van der Waals surface area (Å²) >= 11 is 7.21. The van der Waals surface area contributed by atoms with E-state index in [1.54, 1.807) is 18.4 Å². The standard InChI is InChI=1S/C26H31N5O2S2/c1-17-6-5-7-22(33-4)23(17)29-24(32)21-16-35-25(28-21)18-12-14-31(15-13-18)26(34)27-19-8-10-20(11-9-19)30(2)3/h5-11,16,18H,12-15H2,1-4H3,(H,27,34)(H,29,32). The van der Waals surface area contributed by atoms with Crippen LogP contribution in [0.2, 0.25) is 0 Å². The predicted octanol–water partition coefficient (Wildman–Crippen LogP) is 5.35. The number of methoxy groups -OCH3 is 1. The number of thiazole rings is 1. The van der Waals surface area contributed by atoms with Gasteiger partial charge < -0.3 is 25.2 Å². The summed E-state index contributed by atoms with van der Waals surface area (Å²) < 4.78 is 5.39. The summed E-state index contributed by atoms with van der Waals surface area (Å²) in [6, 6.07) is 13.9. The number of thiocarbonyl (C=S) groups is 1. The van der Waals surface area contributed by atoms with Gasteiger partial charge in [0.2, 0.25) is 0 Å². The van der Waals surface area contributed by atoms with E-state index in [1.807, 2.05) is 56.7 Å². The first-order valence-electron chi connectivity index (χ1n) is 11.6. The Labute approximate surface area is 216 Å². The van der Waals surface area contributed by atoms with Crippen LogP contribution in [0.15, 0.2) is 47.8 Å². The summed E-state index contributed by atoms with van der Waals surface area (Å²) in [6.07, 6.45) is 1.89. The number of nitrogens with zero attached hydrogens (tertiary/aromatic N) is 3. The molecule has 1 aromatic heterocycles. The second-order valence-electron chi connectivity index (χ2n) is 8.81. The molecule has 3 aromatic rings. The molecule has 1 aliphatic heterocycles. The predicted molar refractivity (Wildman–Crippen MR) is 148 cm³/mol. The highest BCUT2D eigenvalue weighted by Crippen LogP contribution is 2.32. The Morgan fingerprint density at radius 3 is 2.51 bits per heavy atom. The molecule has 184 valence electrons. The molecule has 4 rings (SSSR count). The van der Waals surface area contributed by atoms with Gasteiger partial charge in [0.15, 0.2) is 5.11 Å². The highest BCUT2D eigenvalue weighted by molar-refractivity contribution is 7.80. The number of hydrogen-bond acceptors (Lipinski definition) is 6. The van der Waals surface area contributed by atoms with E-state index >= 15 is 0 Å². The van der Waals surface area contributed by atoms with Crippen molar-refractivity contribution in [1.82, 2.24) is 9.88 Å². The lowest BCUT2D eigenvalue weighted by Crippen LogP contribution is -2.40. The van der Waals surface area contributed by atoms with Crippen LogP contribution in [0.25, 0.3) is 0 Å². The van der Waals surface area contributed by atoms with Gasteiger partial charge in [-0.2, -0.15) is 0 Å². The number of aryl methyl sites for hydroxylation is 1. The van der Waals surface area contributed by atoms with Crippen LogP contribution in [0.5, 0.6) is 5.75 Å². The van der Waals surface area contributed by atoms with Crippen molar-refractivity contribution in [3.63, 3.8) is 0 Å². The molecule has 2 N–H and O–H groups in total. The zero-order valence-corrected chi connectivity index (χ0v) is 22.1. The van der Waals surface area contributed by atoms with Crippen molar-refractivity contribution in [2.24, 2.45) is 0 Å². The van der Waals surface area contributed by atoms with Gasteiger partial charge in [-0.05, 0) is 67.9 Å². The maximum absolute atomic E-state index is 12.8. The average Bonchev–Trinajstić information content (AvgIpc) is 3.36. The molecule has 2 aromatic carbocycles. The van der Waals surface area contributed by atoms with Gasteiger partial charge >= 0.3 is 0 Å². The van der Waals surface area contributed by atoms with Crippen molar-refractivity contribution in [2.45, 2.75) is 25.7 Å². The number of ether oxygens (including phenoxy) is 1. The van der Waals surface area contributed by atoms with Crippen LogP contribution in [0, 0.1) is 6.92 Å². The van der Waals surface area contributed by atoms with Crippen molar-refractivity contribution < 1.29 is 9.53 Å². The fraction of sp³-hybridized carbons (Fsp3) is 0.346. The van der Waals surface area contributed by atoms with Gasteiger partial charge in [0.05, 0.1) is 17.8 Å². The van der Waals surface area contributed by atoms with E-state index in [2.05, 4.69) is 37.6 Å². The number of anilines is 3. The quantitative estimate of drug-likeness (QED) is 0.434. The SMILES string of the molecule is COc1cccc(C)c1NC(=O)c1csc(C2CCN(C(=S)Nc3ccc(N(C)C)cc3)CC2)n1. The van der Waals surface area contributed by atoms with E-state index in [-0.39, 0.29) is 5.91 Å². The van der Waals surface area contributed by atoms with Crippen molar-refractivity contribution in [1.29, 1.82) is 0 Å².